The van der Waals surface area contributed by atoms with Crippen molar-refractivity contribution in [3.05, 3.63) is 12.7 Å². The smallest absolute Gasteiger partial charge is 0.0825 e. The summed E-state index contributed by atoms with van der Waals surface area (Å²) < 4.78 is 0. The molecule has 64 valence electrons. The molecule has 1 nitrogen and oxygen atoms in total. The zero-order valence-electron chi connectivity index (χ0n) is 7.18. The SMILES string of the molecule is C=CC1(O)CCCCCCC1. The summed E-state index contributed by atoms with van der Waals surface area (Å²) in [5, 5.41) is 9.87. The van der Waals surface area contributed by atoms with Crippen molar-refractivity contribution in [2.45, 2.75) is 50.5 Å². The van der Waals surface area contributed by atoms with Crippen molar-refractivity contribution < 1.29 is 5.11 Å². The number of aliphatic hydroxyl groups is 1. The molecule has 0 saturated heterocycles. The van der Waals surface area contributed by atoms with Crippen molar-refractivity contribution in [2.24, 2.45) is 0 Å². The minimum Gasteiger partial charge on any atom is -0.386 e. The fourth-order valence-corrected chi connectivity index (χ4v) is 1.72. The summed E-state index contributed by atoms with van der Waals surface area (Å²) in [5.74, 6) is 0. The van der Waals surface area contributed by atoms with Crippen molar-refractivity contribution in [1.82, 2.24) is 0 Å². The van der Waals surface area contributed by atoms with Gasteiger partial charge in [0.15, 0.2) is 0 Å². The molecule has 1 aliphatic carbocycles. The standard InChI is InChI=1S/C10H18O/c1-2-10(11)8-6-4-3-5-7-9-10/h2,11H,1,3-9H2. The highest BCUT2D eigenvalue weighted by atomic mass is 16.3. The summed E-state index contributed by atoms with van der Waals surface area (Å²) in [7, 11) is 0. The van der Waals surface area contributed by atoms with E-state index in [1.807, 2.05) is 0 Å². The zero-order chi connectivity index (χ0) is 8.16. The maximum absolute atomic E-state index is 9.87. The third-order valence-electron chi connectivity index (χ3n) is 2.60. The van der Waals surface area contributed by atoms with E-state index in [4.69, 9.17) is 0 Å². The predicted molar refractivity (Wildman–Crippen MR) is 47.5 cm³/mol. The second kappa shape index (κ2) is 3.91. The lowest BCUT2D eigenvalue weighted by atomic mass is 9.87. The first-order valence-corrected chi connectivity index (χ1v) is 4.63. The van der Waals surface area contributed by atoms with E-state index in [2.05, 4.69) is 6.58 Å². The van der Waals surface area contributed by atoms with Gasteiger partial charge in [0.1, 0.15) is 0 Å². The Hall–Kier alpha value is -0.300. The Kier molecular flexibility index (Phi) is 3.13. The maximum Gasteiger partial charge on any atom is 0.0825 e. The summed E-state index contributed by atoms with van der Waals surface area (Å²) in [6, 6.07) is 0. The van der Waals surface area contributed by atoms with Gasteiger partial charge in [0.05, 0.1) is 5.60 Å². The summed E-state index contributed by atoms with van der Waals surface area (Å²) in [5.41, 5.74) is -0.541. The van der Waals surface area contributed by atoms with Crippen LogP contribution >= 0.6 is 0 Å². The van der Waals surface area contributed by atoms with Crippen LogP contribution in [0, 0.1) is 0 Å². The maximum atomic E-state index is 9.87. The van der Waals surface area contributed by atoms with Gasteiger partial charge >= 0.3 is 0 Å². The molecule has 1 fully saturated rings. The Balaban J connectivity index is 2.43. The molecule has 0 bridgehead atoms. The lowest BCUT2D eigenvalue weighted by molar-refractivity contribution is 0.0624. The van der Waals surface area contributed by atoms with Crippen LogP contribution in [0.1, 0.15) is 44.9 Å². The van der Waals surface area contributed by atoms with Gasteiger partial charge in [-0.25, -0.2) is 0 Å². The molecule has 11 heavy (non-hydrogen) atoms. The van der Waals surface area contributed by atoms with Gasteiger partial charge in [0.25, 0.3) is 0 Å². The van der Waals surface area contributed by atoms with Crippen LogP contribution in [0.25, 0.3) is 0 Å². The van der Waals surface area contributed by atoms with E-state index in [-0.39, 0.29) is 0 Å². The molecule has 0 amide bonds. The first-order chi connectivity index (χ1) is 5.27. The Bertz CT molecular complexity index is 121. The summed E-state index contributed by atoms with van der Waals surface area (Å²) >= 11 is 0. The highest BCUT2D eigenvalue weighted by Gasteiger charge is 2.22. The summed E-state index contributed by atoms with van der Waals surface area (Å²) in [6.45, 7) is 3.68. The largest absolute Gasteiger partial charge is 0.386 e. The molecule has 0 aromatic rings. The second-order valence-corrected chi connectivity index (χ2v) is 3.58. The lowest BCUT2D eigenvalue weighted by Gasteiger charge is -2.26. The van der Waals surface area contributed by atoms with Crippen molar-refractivity contribution in [2.75, 3.05) is 0 Å². The minimum absolute atomic E-state index is 0.541. The van der Waals surface area contributed by atoms with Crippen molar-refractivity contribution in [3.63, 3.8) is 0 Å². The molecule has 0 heterocycles. The molecule has 0 aromatic heterocycles. The van der Waals surface area contributed by atoms with Gasteiger partial charge in [-0.3, -0.25) is 0 Å². The van der Waals surface area contributed by atoms with Crippen LogP contribution in [0.5, 0.6) is 0 Å². The van der Waals surface area contributed by atoms with Gasteiger partial charge in [0, 0.05) is 0 Å². The third-order valence-corrected chi connectivity index (χ3v) is 2.60. The zero-order valence-corrected chi connectivity index (χ0v) is 7.18. The lowest BCUT2D eigenvalue weighted by Crippen LogP contribution is -2.26. The fourth-order valence-electron chi connectivity index (χ4n) is 1.72. The van der Waals surface area contributed by atoms with Crippen LogP contribution < -0.4 is 0 Å². The minimum atomic E-state index is -0.541. The second-order valence-electron chi connectivity index (χ2n) is 3.58. The van der Waals surface area contributed by atoms with E-state index in [9.17, 15) is 5.11 Å². The van der Waals surface area contributed by atoms with Crippen LogP contribution in [0.2, 0.25) is 0 Å². The molecule has 1 aliphatic rings. The predicted octanol–water partition coefficient (Wildman–Crippen LogP) is 2.65. The monoisotopic (exact) mass is 154 g/mol. The van der Waals surface area contributed by atoms with Crippen molar-refractivity contribution in [1.29, 1.82) is 0 Å². The molecule has 1 rings (SSSR count). The van der Waals surface area contributed by atoms with Crippen LogP contribution in [0.3, 0.4) is 0 Å². The normalized spacial score (nSPS) is 25.2. The Labute approximate surface area is 69.1 Å². The summed E-state index contributed by atoms with van der Waals surface area (Å²) in [6.07, 6.45) is 9.75. The molecule has 0 spiro atoms. The van der Waals surface area contributed by atoms with E-state index < -0.39 is 5.60 Å². The highest BCUT2D eigenvalue weighted by Crippen LogP contribution is 2.26. The van der Waals surface area contributed by atoms with Gasteiger partial charge in [-0.1, -0.05) is 38.2 Å². The fraction of sp³-hybridized carbons (Fsp3) is 0.800. The number of rotatable bonds is 1. The molecule has 0 unspecified atom stereocenters. The number of hydrogen-bond acceptors (Lipinski definition) is 1. The van der Waals surface area contributed by atoms with E-state index in [1.165, 1.54) is 19.3 Å². The molecular weight excluding hydrogens is 136 g/mol. The van der Waals surface area contributed by atoms with Gasteiger partial charge in [0.2, 0.25) is 0 Å². The first kappa shape index (κ1) is 8.79. The number of hydrogen-bond donors (Lipinski definition) is 1. The Morgan fingerprint density at radius 2 is 1.45 bits per heavy atom. The molecule has 1 heteroatoms. The third kappa shape index (κ3) is 2.66. The van der Waals surface area contributed by atoms with E-state index in [0.29, 0.717) is 0 Å². The average molecular weight is 154 g/mol. The Morgan fingerprint density at radius 3 is 1.91 bits per heavy atom. The topological polar surface area (TPSA) is 20.2 Å². The van der Waals surface area contributed by atoms with E-state index in [0.717, 1.165) is 25.7 Å². The van der Waals surface area contributed by atoms with E-state index in [1.54, 1.807) is 6.08 Å². The van der Waals surface area contributed by atoms with Crippen LogP contribution in [-0.2, 0) is 0 Å². The van der Waals surface area contributed by atoms with Gasteiger partial charge in [-0.2, -0.15) is 0 Å². The van der Waals surface area contributed by atoms with Crippen molar-refractivity contribution in [3.8, 4) is 0 Å². The molecular formula is C10H18O. The molecule has 0 radical (unpaired) electrons. The summed E-state index contributed by atoms with van der Waals surface area (Å²) in [4.78, 5) is 0. The quantitative estimate of drug-likeness (QED) is 0.576. The van der Waals surface area contributed by atoms with Gasteiger partial charge < -0.3 is 5.11 Å². The van der Waals surface area contributed by atoms with Crippen LogP contribution in [0.4, 0.5) is 0 Å². The molecule has 0 atom stereocenters. The van der Waals surface area contributed by atoms with Gasteiger partial charge in [-0.15, -0.1) is 6.58 Å². The van der Waals surface area contributed by atoms with E-state index >= 15 is 0 Å². The first-order valence-electron chi connectivity index (χ1n) is 4.63. The van der Waals surface area contributed by atoms with Gasteiger partial charge in [-0.05, 0) is 12.8 Å². The van der Waals surface area contributed by atoms with Crippen LogP contribution in [-0.4, -0.2) is 10.7 Å². The van der Waals surface area contributed by atoms with Crippen molar-refractivity contribution >= 4 is 0 Å². The molecule has 1 N–H and O–H groups in total. The van der Waals surface area contributed by atoms with Crippen LogP contribution in [0.15, 0.2) is 12.7 Å². The highest BCUT2D eigenvalue weighted by molar-refractivity contribution is 4.95. The molecule has 0 aliphatic heterocycles. The molecule has 1 saturated carbocycles. The molecule has 0 aromatic carbocycles. The Morgan fingerprint density at radius 1 is 1.00 bits per heavy atom. The average Bonchev–Trinajstić information content (AvgIpc) is 1.98.